The third-order valence-corrected chi connectivity index (χ3v) is 6.36. The number of hydrogen-bond acceptors (Lipinski definition) is 2. The highest BCUT2D eigenvalue weighted by Crippen LogP contribution is 2.44. The van der Waals surface area contributed by atoms with Crippen LogP contribution in [0.3, 0.4) is 0 Å². The molecule has 0 amide bonds. The van der Waals surface area contributed by atoms with E-state index < -0.39 is 0 Å². The van der Waals surface area contributed by atoms with Gasteiger partial charge in [-0.3, -0.25) is 0 Å². The zero-order valence-corrected chi connectivity index (χ0v) is 12.7. The molecular weight excluding hydrogens is 250 g/mol. The number of benzene rings is 1. The average Bonchev–Trinajstić information content (AvgIpc) is 2.90. The van der Waals surface area contributed by atoms with Crippen molar-refractivity contribution in [3.8, 4) is 0 Å². The van der Waals surface area contributed by atoms with Crippen molar-refractivity contribution in [2.45, 2.75) is 55.9 Å². The molecule has 2 aliphatic rings. The van der Waals surface area contributed by atoms with Gasteiger partial charge < -0.3 is 5.73 Å². The Morgan fingerprint density at radius 3 is 3.00 bits per heavy atom. The largest absolute Gasteiger partial charge is 0.327 e. The summed E-state index contributed by atoms with van der Waals surface area (Å²) in [7, 11) is 0. The third-order valence-electron chi connectivity index (χ3n) is 5.15. The van der Waals surface area contributed by atoms with Crippen LogP contribution in [0.15, 0.2) is 29.2 Å². The number of thioether (sulfide) groups is 1. The van der Waals surface area contributed by atoms with Crippen LogP contribution in [0.2, 0.25) is 0 Å². The molecule has 1 aromatic carbocycles. The first kappa shape index (κ1) is 13.5. The van der Waals surface area contributed by atoms with Crippen LogP contribution < -0.4 is 5.73 Å². The topological polar surface area (TPSA) is 26.0 Å². The smallest absolute Gasteiger partial charge is 0.0145 e. The minimum absolute atomic E-state index is 0.366. The molecule has 1 aliphatic heterocycles. The Morgan fingerprint density at radius 2 is 2.16 bits per heavy atom. The molecule has 3 rings (SSSR count). The van der Waals surface area contributed by atoms with E-state index in [1.165, 1.54) is 48.3 Å². The zero-order chi connectivity index (χ0) is 13.2. The van der Waals surface area contributed by atoms with Crippen LogP contribution >= 0.6 is 11.8 Å². The molecule has 4 unspecified atom stereocenters. The Hall–Kier alpha value is -0.470. The van der Waals surface area contributed by atoms with Gasteiger partial charge in [-0.05, 0) is 36.3 Å². The normalized spacial score (nSPS) is 32.0. The Bertz CT molecular complexity index is 431. The van der Waals surface area contributed by atoms with E-state index in [4.69, 9.17) is 5.73 Å². The lowest BCUT2D eigenvalue weighted by atomic mass is 9.73. The first-order valence-electron chi connectivity index (χ1n) is 7.77. The summed E-state index contributed by atoms with van der Waals surface area (Å²) < 4.78 is 0. The minimum Gasteiger partial charge on any atom is -0.327 e. The molecule has 0 radical (unpaired) electrons. The molecule has 1 fully saturated rings. The van der Waals surface area contributed by atoms with E-state index in [1.807, 2.05) is 11.8 Å². The van der Waals surface area contributed by atoms with Crippen LogP contribution in [-0.2, 0) is 0 Å². The molecule has 2 N–H and O–H groups in total. The minimum atomic E-state index is 0.366. The van der Waals surface area contributed by atoms with Crippen LogP contribution in [0.25, 0.3) is 0 Å². The predicted octanol–water partition coefficient (Wildman–Crippen LogP) is 4.42. The number of hydrogen-bond donors (Lipinski definition) is 1. The fourth-order valence-electron chi connectivity index (χ4n) is 3.89. The van der Waals surface area contributed by atoms with E-state index in [0.29, 0.717) is 12.0 Å². The molecule has 104 valence electrons. The highest BCUT2D eigenvalue weighted by atomic mass is 32.2. The van der Waals surface area contributed by atoms with E-state index in [9.17, 15) is 0 Å². The maximum atomic E-state index is 6.67. The summed E-state index contributed by atoms with van der Waals surface area (Å²) in [5.74, 6) is 3.44. The highest BCUT2D eigenvalue weighted by molar-refractivity contribution is 7.99. The average molecular weight is 275 g/mol. The van der Waals surface area contributed by atoms with Crippen molar-refractivity contribution < 1.29 is 0 Å². The van der Waals surface area contributed by atoms with E-state index in [1.54, 1.807) is 0 Å². The fourth-order valence-corrected chi connectivity index (χ4v) is 5.21. The van der Waals surface area contributed by atoms with Crippen LogP contribution in [0, 0.1) is 11.8 Å². The fraction of sp³-hybridized carbons (Fsp3) is 0.647. The molecule has 0 bridgehead atoms. The third kappa shape index (κ3) is 2.71. The molecule has 1 saturated carbocycles. The lowest BCUT2D eigenvalue weighted by Gasteiger charge is -2.35. The van der Waals surface area contributed by atoms with Crippen LogP contribution in [0.1, 0.15) is 50.5 Å². The van der Waals surface area contributed by atoms with E-state index in [2.05, 4.69) is 31.2 Å². The van der Waals surface area contributed by atoms with Gasteiger partial charge in [-0.2, -0.15) is 0 Å². The second-order valence-electron chi connectivity index (χ2n) is 6.23. The van der Waals surface area contributed by atoms with Gasteiger partial charge in [0.25, 0.3) is 0 Å². The quantitative estimate of drug-likeness (QED) is 0.883. The summed E-state index contributed by atoms with van der Waals surface area (Å²) in [6, 6.07) is 9.22. The van der Waals surface area contributed by atoms with Crippen molar-refractivity contribution >= 4 is 11.8 Å². The summed E-state index contributed by atoms with van der Waals surface area (Å²) in [4.78, 5) is 1.46. The van der Waals surface area contributed by atoms with Gasteiger partial charge in [0.15, 0.2) is 0 Å². The van der Waals surface area contributed by atoms with E-state index in [0.717, 1.165) is 11.8 Å². The lowest BCUT2D eigenvalue weighted by molar-refractivity contribution is 0.218. The summed E-state index contributed by atoms with van der Waals surface area (Å²) in [6.45, 7) is 2.33. The highest BCUT2D eigenvalue weighted by Gasteiger charge is 2.34. The van der Waals surface area contributed by atoms with Crippen molar-refractivity contribution in [3.05, 3.63) is 29.8 Å². The van der Waals surface area contributed by atoms with Gasteiger partial charge in [-0.1, -0.05) is 44.4 Å². The molecule has 1 aliphatic carbocycles. The van der Waals surface area contributed by atoms with E-state index in [-0.39, 0.29) is 0 Å². The number of nitrogens with two attached hydrogens (primary N) is 1. The second-order valence-corrected chi connectivity index (χ2v) is 7.30. The van der Waals surface area contributed by atoms with Gasteiger partial charge in [-0.15, -0.1) is 11.8 Å². The molecule has 1 nitrogen and oxygen atoms in total. The summed E-state index contributed by atoms with van der Waals surface area (Å²) >= 11 is 1.99. The van der Waals surface area contributed by atoms with Gasteiger partial charge in [0.1, 0.15) is 0 Å². The van der Waals surface area contributed by atoms with Gasteiger partial charge in [-0.25, -0.2) is 0 Å². The maximum absolute atomic E-state index is 6.67. The van der Waals surface area contributed by atoms with Crippen LogP contribution in [-0.4, -0.2) is 11.8 Å². The standard InChI is InChI=1S/C17H25NS/c1-2-12-6-5-7-13(10-12)17(18)15-11-19-16-9-4-3-8-14(15)16/h3-4,8-9,12-13,15,17H,2,5-7,10-11,18H2,1H3. The first-order chi connectivity index (χ1) is 9.29. The molecule has 0 saturated heterocycles. The van der Waals surface area contributed by atoms with Crippen molar-refractivity contribution in [2.75, 3.05) is 5.75 Å². The lowest BCUT2D eigenvalue weighted by Crippen LogP contribution is -2.39. The summed E-state index contributed by atoms with van der Waals surface area (Å²) in [5, 5.41) is 0. The van der Waals surface area contributed by atoms with Crippen molar-refractivity contribution in [2.24, 2.45) is 17.6 Å². The first-order valence-corrected chi connectivity index (χ1v) is 8.75. The van der Waals surface area contributed by atoms with Crippen molar-refractivity contribution in [1.82, 2.24) is 0 Å². The molecule has 1 aromatic rings. The molecule has 0 aromatic heterocycles. The number of fused-ring (bicyclic) bond motifs is 1. The molecule has 2 heteroatoms. The van der Waals surface area contributed by atoms with Crippen molar-refractivity contribution in [3.63, 3.8) is 0 Å². The Labute approximate surface area is 121 Å². The molecule has 0 spiro atoms. The Balaban J connectivity index is 1.72. The second kappa shape index (κ2) is 5.88. The monoisotopic (exact) mass is 275 g/mol. The summed E-state index contributed by atoms with van der Waals surface area (Å²) in [6.07, 6.45) is 6.86. The van der Waals surface area contributed by atoms with Crippen LogP contribution in [0.4, 0.5) is 0 Å². The van der Waals surface area contributed by atoms with Crippen molar-refractivity contribution in [1.29, 1.82) is 0 Å². The Morgan fingerprint density at radius 1 is 1.32 bits per heavy atom. The van der Waals surface area contributed by atoms with Gasteiger partial charge in [0.05, 0.1) is 0 Å². The SMILES string of the molecule is CCC1CCCC(C(N)C2CSc3ccccc32)C1. The van der Waals surface area contributed by atoms with Gasteiger partial charge >= 0.3 is 0 Å². The number of rotatable bonds is 3. The molecule has 1 heterocycles. The Kier molecular flexibility index (Phi) is 4.18. The summed E-state index contributed by atoms with van der Waals surface area (Å²) in [5.41, 5.74) is 8.18. The zero-order valence-electron chi connectivity index (χ0n) is 11.8. The van der Waals surface area contributed by atoms with Gasteiger partial charge in [0, 0.05) is 22.6 Å². The maximum Gasteiger partial charge on any atom is 0.0145 e. The molecule has 19 heavy (non-hydrogen) atoms. The molecular formula is C17H25NS. The predicted molar refractivity (Wildman–Crippen MR) is 83.6 cm³/mol. The van der Waals surface area contributed by atoms with Crippen LogP contribution in [0.5, 0.6) is 0 Å². The van der Waals surface area contributed by atoms with E-state index >= 15 is 0 Å². The van der Waals surface area contributed by atoms with Gasteiger partial charge in [0.2, 0.25) is 0 Å². The molecule has 4 atom stereocenters.